The third-order valence-electron chi connectivity index (χ3n) is 2.98. The van der Waals surface area contributed by atoms with Gasteiger partial charge in [-0.25, -0.2) is 4.98 Å². The van der Waals surface area contributed by atoms with E-state index in [1.54, 1.807) is 11.3 Å². The lowest BCUT2D eigenvalue weighted by molar-refractivity contribution is -0.0626. The Balaban J connectivity index is 2.06. The molecule has 1 fully saturated rings. The second kappa shape index (κ2) is 4.20. The monoisotopic (exact) mass is 227 g/mol. The molecule has 1 aliphatic heterocycles. The van der Waals surface area contributed by atoms with Crippen molar-refractivity contribution in [1.29, 1.82) is 0 Å². The van der Waals surface area contributed by atoms with Gasteiger partial charge in [-0.2, -0.15) is 0 Å². The summed E-state index contributed by atoms with van der Waals surface area (Å²) in [5.74, 6) is 0. The standard InChI is InChI=1S/C11H17NO2S/c1-8-9(2)15-10(12-8)7-11(13)3-5-14-6-4-11/h13H,3-7H2,1-2H3. The number of nitrogens with zero attached hydrogens (tertiary/aromatic N) is 1. The largest absolute Gasteiger partial charge is 0.389 e. The van der Waals surface area contributed by atoms with E-state index in [1.807, 2.05) is 6.92 Å². The molecule has 0 amide bonds. The lowest BCUT2D eigenvalue weighted by Crippen LogP contribution is -2.38. The Bertz CT molecular complexity index is 323. The van der Waals surface area contributed by atoms with Crippen molar-refractivity contribution < 1.29 is 9.84 Å². The van der Waals surface area contributed by atoms with Gasteiger partial charge in [0.25, 0.3) is 0 Å². The Labute approximate surface area is 94.1 Å². The van der Waals surface area contributed by atoms with Crippen molar-refractivity contribution in [3.05, 3.63) is 15.6 Å². The smallest absolute Gasteiger partial charge is 0.0959 e. The fraction of sp³-hybridized carbons (Fsp3) is 0.727. The van der Waals surface area contributed by atoms with Crippen LogP contribution in [-0.4, -0.2) is 28.9 Å². The SMILES string of the molecule is Cc1nc(CC2(O)CCOCC2)sc1C. The van der Waals surface area contributed by atoms with Gasteiger partial charge in [0.05, 0.1) is 16.3 Å². The number of hydrogen-bond acceptors (Lipinski definition) is 4. The van der Waals surface area contributed by atoms with Gasteiger partial charge >= 0.3 is 0 Å². The van der Waals surface area contributed by atoms with E-state index in [-0.39, 0.29) is 0 Å². The minimum absolute atomic E-state index is 0.588. The van der Waals surface area contributed by atoms with Crippen LogP contribution in [0.2, 0.25) is 0 Å². The predicted octanol–water partition coefficient (Wildman–Crippen LogP) is 1.84. The molecule has 1 aromatic rings. The number of ether oxygens (including phenoxy) is 1. The van der Waals surface area contributed by atoms with Crippen molar-refractivity contribution in [2.24, 2.45) is 0 Å². The molecule has 0 radical (unpaired) electrons. The number of thiazole rings is 1. The van der Waals surface area contributed by atoms with Crippen LogP contribution in [0.25, 0.3) is 0 Å². The van der Waals surface area contributed by atoms with Crippen LogP contribution in [0.3, 0.4) is 0 Å². The van der Waals surface area contributed by atoms with E-state index < -0.39 is 5.60 Å². The lowest BCUT2D eigenvalue weighted by Gasteiger charge is -2.31. The molecule has 0 unspecified atom stereocenters. The Morgan fingerprint density at radius 2 is 2.07 bits per heavy atom. The summed E-state index contributed by atoms with van der Waals surface area (Å²) in [6.07, 6.45) is 2.13. The maximum absolute atomic E-state index is 10.3. The van der Waals surface area contributed by atoms with Gasteiger partial charge in [-0.3, -0.25) is 0 Å². The highest BCUT2D eigenvalue weighted by Crippen LogP contribution is 2.27. The van der Waals surface area contributed by atoms with Gasteiger partial charge in [0.2, 0.25) is 0 Å². The van der Waals surface area contributed by atoms with E-state index in [9.17, 15) is 5.11 Å². The van der Waals surface area contributed by atoms with Gasteiger partial charge in [0, 0.05) is 24.5 Å². The molecule has 0 bridgehead atoms. The van der Waals surface area contributed by atoms with Crippen molar-refractivity contribution in [2.75, 3.05) is 13.2 Å². The Morgan fingerprint density at radius 3 is 2.60 bits per heavy atom. The Hall–Kier alpha value is -0.450. The van der Waals surface area contributed by atoms with Crippen LogP contribution in [0.5, 0.6) is 0 Å². The van der Waals surface area contributed by atoms with Crippen molar-refractivity contribution in [3.8, 4) is 0 Å². The van der Waals surface area contributed by atoms with Crippen LogP contribution in [-0.2, 0) is 11.2 Å². The molecule has 84 valence electrons. The third kappa shape index (κ3) is 2.56. The topological polar surface area (TPSA) is 42.4 Å². The molecule has 2 rings (SSSR count). The van der Waals surface area contributed by atoms with Crippen LogP contribution in [0.4, 0.5) is 0 Å². The van der Waals surface area contributed by atoms with E-state index >= 15 is 0 Å². The van der Waals surface area contributed by atoms with Crippen molar-refractivity contribution in [3.63, 3.8) is 0 Å². The minimum atomic E-state index is -0.588. The molecule has 1 aliphatic rings. The normalized spacial score (nSPS) is 20.5. The Kier molecular flexibility index (Phi) is 3.09. The molecule has 0 aromatic carbocycles. The highest BCUT2D eigenvalue weighted by molar-refractivity contribution is 7.11. The first kappa shape index (κ1) is 11.0. The maximum atomic E-state index is 10.3. The molecule has 3 nitrogen and oxygen atoms in total. The zero-order valence-electron chi connectivity index (χ0n) is 9.25. The van der Waals surface area contributed by atoms with Gasteiger partial charge in [-0.15, -0.1) is 11.3 Å². The van der Waals surface area contributed by atoms with Crippen molar-refractivity contribution in [1.82, 2.24) is 4.98 Å². The summed E-state index contributed by atoms with van der Waals surface area (Å²) in [7, 11) is 0. The van der Waals surface area contributed by atoms with Crippen LogP contribution in [0.15, 0.2) is 0 Å². The molecule has 4 heteroatoms. The Morgan fingerprint density at radius 1 is 1.40 bits per heavy atom. The zero-order chi connectivity index (χ0) is 10.9. The molecular weight excluding hydrogens is 210 g/mol. The third-order valence-corrected chi connectivity index (χ3v) is 4.05. The first-order valence-corrected chi connectivity index (χ1v) is 6.14. The lowest BCUT2D eigenvalue weighted by atomic mass is 9.91. The fourth-order valence-electron chi connectivity index (χ4n) is 1.82. The average molecular weight is 227 g/mol. The summed E-state index contributed by atoms with van der Waals surface area (Å²) in [6.45, 7) is 5.42. The molecule has 0 aliphatic carbocycles. The number of aromatic nitrogens is 1. The van der Waals surface area contributed by atoms with Gasteiger partial charge in [0.15, 0.2) is 0 Å². The number of aliphatic hydroxyl groups is 1. The van der Waals surface area contributed by atoms with E-state index in [1.165, 1.54) is 4.88 Å². The predicted molar refractivity (Wildman–Crippen MR) is 60.3 cm³/mol. The van der Waals surface area contributed by atoms with E-state index in [0.29, 0.717) is 19.6 Å². The highest BCUT2D eigenvalue weighted by atomic mass is 32.1. The summed E-state index contributed by atoms with van der Waals surface area (Å²) < 4.78 is 5.25. The summed E-state index contributed by atoms with van der Waals surface area (Å²) in [5, 5.41) is 11.4. The first-order valence-electron chi connectivity index (χ1n) is 5.32. The van der Waals surface area contributed by atoms with Crippen LogP contribution < -0.4 is 0 Å². The van der Waals surface area contributed by atoms with Gasteiger partial charge < -0.3 is 9.84 Å². The minimum Gasteiger partial charge on any atom is -0.389 e. The second-order valence-corrected chi connectivity index (χ2v) is 5.55. The molecule has 0 atom stereocenters. The first-order chi connectivity index (χ1) is 7.09. The van der Waals surface area contributed by atoms with E-state index in [0.717, 1.165) is 23.5 Å². The molecule has 2 heterocycles. The van der Waals surface area contributed by atoms with Crippen molar-refractivity contribution >= 4 is 11.3 Å². The zero-order valence-corrected chi connectivity index (χ0v) is 10.1. The van der Waals surface area contributed by atoms with E-state index in [4.69, 9.17) is 4.74 Å². The fourth-order valence-corrected chi connectivity index (χ4v) is 2.89. The summed E-state index contributed by atoms with van der Waals surface area (Å²) in [5.41, 5.74) is 0.500. The van der Waals surface area contributed by atoms with Crippen LogP contribution in [0, 0.1) is 13.8 Å². The molecule has 1 N–H and O–H groups in total. The number of aryl methyl sites for hydroxylation is 2. The molecule has 15 heavy (non-hydrogen) atoms. The molecule has 1 saturated heterocycles. The summed E-state index contributed by atoms with van der Waals surface area (Å²) in [4.78, 5) is 5.72. The van der Waals surface area contributed by atoms with Crippen LogP contribution >= 0.6 is 11.3 Å². The van der Waals surface area contributed by atoms with Gasteiger partial charge in [0.1, 0.15) is 0 Å². The maximum Gasteiger partial charge on any atom is 0.0959 e. The quantitative estimate of drug-likeness (QED) is 0.838. The number of rotatable bonds is 2. The average Bonchev–Trinajstić information content (AvgIpc) is 2.46. The van der Waals surface area contributed by atoms with Crippen LogP contribution in [0.1, 0.15) is 28.4 Å². The highest BCUT2D eigenvalue weighted by Gasteiger charge is 2.31. The van der Waals surface area contributed by atoms with E-state index in [2.05, 4.69) is 11.9 Å². The molecule has 1 aromatic heterocycles. The number of hydrogen-bond donors (Lipinski definition) is 1. The summed E-state index contributed by atoms with van der Waals surface area (Å²) >= 11 is 1.69. The second-order valence-electron chi connectivity index (χ2n) is 4.26. The van der Waals surface area contributed by atoms with Gasteiger partial charge in [-0.05, 0) is 26.7 Å². The summed E-state index contributed by atoms with van der Waals surface area (Å²) in [6, 6.07) is 0. The molecule has 0 spiro atoms. The van der Waals surface area contributed by atoms with Crippen molar-refractivity contribution in [2.45, 2.75) is 38.7 Å². The van der Waals surface area contributed by atoms with Gasteiger partial charge in [-0.1, -0.05) is 0 Å². The molecule has 0 saturated carbocycles. The molecular formula is C11H17NO2S.